The molecule has 0 aliphatic carbocycles. The van der Waals surface area contributed by atoms with Crippen molar-refractivity contribution < 1.29 is 14.1 Å². The summed E-state index contributed by atoms with van der Waals surface area (Å²) in [6, 6.07) is 0.553. The fraction of sp³-hybridized carbons (Fsp3) is 0.765. The van der Waals surface area contributed by atoms with E-state index in [1.807, 2.05) is 18.7 Å². The second-order valence-electron chi connectivity index (χ2n) is 7.32. The summed E-state index contributed by atoms with van der Waals surface area (Å²) in [7, 11) is 0. The second kappa shape index (κ2) is 5.60. The molecule has 0 N–H and O–H groups in total. The van der Waals surface area contributed by atoms with Crippen LogP contribution in [0.5, 0.6) is 0 Å². The molecule has 3 aliphatic rings. The number of rotatable bonds is 3. The number of ether oxygens (including phenoxy) is 1. The molecule has 1 atom stereocenters. The molecule has 4 rings (SSSR count). The van der Waals surface area contributed by atoms with E-state index in [-0.39, 0.29) is 11.5 Å². The van der Waals surface area contributed by atoms with Crippen molar-refractivity contribution in [2.75, 3.05) is 32.8 Å². The molecule has 1 aromatic rings. The Morgan fingerprint density at radius 3 is 2.70 bits per heavy atom. The predicted molar refractivity (Wildman–Crippen MR) is 84.2 cm³/mol. The minimum absolute atomic E-state index is 0.0817. The first-order valence-corrected chi connectivity index (χ1v) is 8.64. The minimum atomic E-state index is -0.0817. The van der Waals surface area contributed by atoms with Crippen LogP contribution < -0.4 is 0 Å². The highest BCUT2D eigenvalue weighted by Crippen LogP contribution is 2.38. The van der Waals surface area contributed by atoms with Crippen molar-refractivity contribution in [2.45, 2.75) is 51.2 Å². The summed E-state index contributed by atoms with van der Waals surface area (Å²) >= 11 is 0. The van der Waals surface area contributed by atoms with Crippen molar-refractivity contribution in [1.29, 1.82) is 0 Å². The van der Waals surface area contributed by atoms with Crippen LogP contribution >= 0.6 is 0 Å². The third-order valence-corrected chi connectivity index (χ3v) is 5.67. The van der Waals surface area contributed by atoms with E-state index in [2.05, 4.69) is 10.1 Å². The predicted octanol–water partition coefficient (Wildman–Crippen LogP) is 1.30. The molecule has 1 spiro atoms. The molecule has 3 aliphatic heterocycles. The molecule has 126 valence electrons. The second-order valence-corrected chi connectivity index (χ2v) is 7.32. The van der Waals surface area contributed by atoms with Crippen molar-refractivity contribution in [3.8, 4) is 0 Å². The van der Waals surface area contributed by atoms with Crippen LogP contribution in [0.25, 0.3) is 0 Å². The highest BCUT2D eigenvalue weighted by Gasteiger charge is 2.52. The molecule has 3 fully saturated rings. The van der Waals surface area contributed by atoms with E-state index in [1.54, 1.807) is 0 Å². The largest absolute Gasteiger partial charge is 0.370 e. The SMILES string of the molecule is Cc1noc(C)c1CC(=O)N1CC2(CC(N3CCCC3)CO2)C1. The van der Waals surface area contributed by atoms with Crippen molar-refractivity contribution in [3.63, 3.8) is 0 Å². The van der Waals surface area contributed by atoms with Gasteiger partial charge in [0.25, 0.3) is 0 Å². The first kappa shape index (κ1) is 15.1. The molecule has 1 unspecified atom stereocenters. The Morgan fingerprint density at radius 1 is 1.30 bits per heavy atom. The van der Waals surface area contributed by atoms with Crippen LogP contribution in [0.4, 0.5) is 0 Å². The topological polar surface area (TPSA) is 58.8 Å². The smallest absolute Gasteiger partial charge is 0.227 e. The molecule has 1 aromatic heterocycles. The third kappa shape index (κ3) is 2.68. The zero-order valence-corrected chi connectivity index (χ0v) is 14.0. The Kier molecular flexibility index (Phi) is 3.69. The maximum absolute atomic E-state index is 12.5. The average molecular weight is 319 g/mol. The van der Waals surface area contributed by atoms with E-state index in [4.69, 9.17) is 9.26 Å². The van der Waals surface area contributed by atoms with Gasteiger partial charge in [-0.2, -0.15) is 0 Å². The van der Waals surface area contributed by atoms with Crippen molar-refractivity contribution in [1.82, 2.24) is 15.0 Å². The van der Waals surface area contributed by atoms with Gasteiger partial charge in [-0.15, -0.1) is 0 Å². The Balaban J connectivity index is 1.32. The van der Waals surface area contributed by atoms with Gasteiger partial charge in [0.15, 0.2) is 0 Å². The number of carbonyl (C=O) groups excluding carboxylic acids is 1. The van der Waals surface area contributed by atoms with E-state index in [0.29, 0.717) is 12.5 Å². The standard InChI is InChI=1S/C17H25N3O3/c1-12-15(13(2)23-18-12)7-16(21)20-10-17(11-20)8-14(9-22-17)19-5-3-4-6-19/h14H,3-11H2,1-2H3. The van der Waals surface area contributed by atoms with Crippen LogP contribution in [0.3, 0.4) is 0 Å². The van der Waals surface area contributed by atoms with E-state index >= 15 is 0 Å². The van der Waals surface area contributed by atoms with Gasteiger partial charge >= 0.3 is 0 Å². The molecular formula is C17H25N3O3. The van der Waals surface area contributed by atoms with Gasteiger partial charge in [-0.3, -0.25) is 9.69 Å². The normalized spacial score (nSPS) is 26.9. The third-order valence-electron chi connectivity index (χ3n) is 5.67. The number of aryl methyl sites for hydroxylation is 2. The van der Waals surface area contributed by atoms with Crippen LogP contribution in [-0.2, 0) is 16.0 Å². The maximum Gasteiger partial charge on any atom is 0.227 e. The van der Waals surface area contributed by atoms with E-state index < -0.39 is 0 Å². The summed E-state index contributed by atoms with van der Waals surface area (Å²) in [5, 5.41) is 3.92. The molecule has 0 aromatic carbocycles. The van der Waals surface area contributed by atoms with Crippen LogP contribution in [-0.4, -0.2) is 65.3 Å². The molecule has 23 heavy (non-hydrogen) atoms. The number of carbonyl (C=O) groups is 1. The highest BCUT2D eigenvalue weighted by molar-refractivity contribution is 5.80. The lowest BCUT2D eigenvalue weighted by Crippen LogP contribution is -2.63. The Hall–Kier alpha value is -1.40. The Morgan fingerprint density at radius 2 is 2.04 bits per heavy atom. The maximum atomic E-state index is 12.5. The molecule has 1 amide bonds. The van der Waals surface area contributed by atoms with Crippen LogP contribution in [0.15, 0.2) is 4.52 Å². The van der Waals surface area contributed by atoms with Gasteiger partial charge in [0.1, 0.15) is 11.4 Å². The molecule has 3 saturated heterocycles. The number of hydrogen-bond donors (Lipinski definition) is 0. The van der Waals surface area contributed by atoms with Gasteiger partial charge in [-0.05, 0) is 46.2 Å². The van der Waals surface area contributed by atoms with Crippen molar-refractivity contribution in [2.24, 2.45) is 0 Å². The van der Waals surface area contributed by atoms with Gasteiger partial charge in [0, 0.05) is 11.6 Å². The molecular weight excluding hydrogens is 294 g/mol. The lowest BCUT2D eigenvalue weighted by Gasteiger charge is -2.47. The lowest BCUT2D eigenvalue weighted by atomic mass is 9.88. The Bertz CT molecular complexity index is 581. The first-order chi connectivity index (χ1) is 11.1. The van der Waals surface area contributed by atoms with Gasteiger partial charge in [0.05, 0.1) is 31.8 Å². The fourth-order valence-corrected chi connectivity index (χ4v) is 4.22. The molecule has 4 heterocycles. The molecule has 6 heteroatoms. The van der Waals surface area contributed by atoms with E-state index in [0.717, 1.165) is 43.1 Å². The minimum Gasteiger partial charge on any atom is -0.370 e. The van der Waals surface area contributed by atoms with Crippen molar-refractivity contribution >= 4 is 5.91 Å². The summed E-state index contributed by atoms with van der Waals surface area (Å²) in [6.45, 7) is 8.46. The zero-order valence-electron chi connectivity index (χ0n) is 14.0. The van der Waals surface area contributed by atoms with Crippen molar-refractivity contribution in [3.05, 3.63) is 17.0 Å². The number of hydrogen-bond acceptors (Lipinski definition) is 5. The quantitative estimate of drug-likeness (QED) is 0.840. The number of likely N-dealkylation sites (tertiary alicyclic amines) is 2. The average Bonchev–Trinajstić information content (AvgIpc) is 3.20. The van der Waals surface area contributed by atoms with Gasteiger partial charge in [0.2, 0.25) is 5.91 Å². The van der Waals surface area contributed by atoms with Gasteiger partial charge < -0.3 is 14.2 Å². The Labute approximate surface area is 136 Å². The summed E-state index contributed by atoms with van der Waals surface area (Å²) in [5.74, 6) is 0.899. The highest BCUT2D eigenvalue weighted by atomic mass is 16.5. The monoisotopic (exact) mass is 319 g/mol. The number of nitrogens with zero attached hydrogens (tertiary/aromatic N) is 3. The first-order valence-electron chi connectivity index (χ1n) is 8.64. The summed E-state index contributed by atoms with van der Waals surface area (Å²) in [6.07, 6.45) is 4.08. The fourth-order valence-electron chi connectivity index (χ4n) is 4.22. The molecule has 0 saturated carbocycles. The van der Waals surface area contributed by atoms with Crippen LogP contribution in [0.2, 0.25) is 0 Å². The summed E-state index contributed by atoms with van der Waals surface area (Å²) < 4.78 is 11.2. The molecule has 0 radical (unpaired) electrons. The lowest BCUT2D eigenvalue weighted by molar-refractivity contribution is -0.157. The molecule has 0 bridgehead atoms. The molecule has 6 nitrogen and oxygen atoms in total. The van der Waals surface area contributed by atoms with Crippen LogP contribution in [0, 0.1) is 13.8 Å². The van der Waals surface area contributed by atoms with Gasteiger partial charge in [-0.1, -0.05) is 5.16 Å². The van der Waals surface area contributed by atoms with E-state index in [1.165, 1.54) is 25.9 Å². The summed E-state index contributed by atoms with van der Waals surface area (Å²) in [5.41, 5.74) is 1.66. The number of aromatic nitrogens is 1. The van der Waals surface area contributed by atoms with Gasteiger partial charge in [-0.25, -0.2) is 0 Å². The zero-order chi connectivity index (χ0) is 16.0. The van der Waals surface area contributed by atoms with Crippen LogP contribution in [0.1, 0.15) is 36.3 Å². The van der Waals surface area contributed by atoms with E-state index in [9.17, 15) is 4.79 Å². The summed E-state index contributed by atoms with van der Waals surface area (Å²) in [4.78, 5) is 16.9. The number of amides is 1.